The average Bonchev–Trinajstić information content (AvgIpc) is 2.72. The van der Waals surface area contributed by atoms with Gasteiger partial charge in [-0.2, -0.15) is 0 Å². The fourth-order valence-electron chi connectivity index (χ4n) is 3.26. The van der Waals surface area contributed by atoms with Crippen molar-refractivity contribution in [2.75, 3.05) is 0 Å². The Morgan fingerprint density at radius 1 is 0.933 bits per heavy atom. The average molecular weight is 420 g/mol. The third-order valence-electron chi connectivity index (χ3n) is 4.64. The molecule has 2 aromatic carbocycles. The highest BCUT2D eigenvalue weighted by molar-refractivity contribution is 6.48. The van der Waals surface area contributed by atoms with Crippen molar-refractivity contribution in [1.29, 1.82) is 0 Å². The summed E-state index contributed by atoms with van der Waals surface area (Å²) in [5.74, 6) is -0.348. The van der Waals surface area contributed by atoms with Crippen LogP contribution < -0.4 is 0 Å². The number of hydrogen-bond donors (Lipinski definition) is 0. The molecule has 3 rings (SSSR count). The summed E-state index contributed by atoms with van der Waals surface area (Å²) in [7, 11) is -1.02. The van der Waals surface area contributed by atoms with E-state index < -0.39 is 14.9 Å². The van der Waals surface area contributed by atoms with Crippen LogP contribution in [0.1, 0.15) is 43.6 Å². The van der Waals surface area contributed by atoms with Crippen LogP contribution in [0.4, 0.5) is 10.2 Å². The largest absolute Gasteiger partial charge is 0.410 e. The first-order valence-corrected chi connectivity index (χ1v) is 12.5. The van der Waals surface area contributed by atoms with Crippen LogP contribution >= 0.6 is 0 Å². The molecule has 3 aromatic rings. The van der Waals surface area contributed by atoms with E-state index in [2.05, 4.69) is 43.8 Å². The van der Waals surface area contributed by atoms with Gasteiger partial charge in [-0.1, -0.05) is 81.4 Å². The van der Waals surface area contributed by atoms with Gasteiger partial charge in [0.05, 0.1) is 11.8 Å². The lowest BCUT2D eigenvalue weighted by Gasteiger charge is -2.33. The van der Waals surface area contributed by atoms with Crippen LogP contribution in [-0.2, 0) is 4.43 Å². The van der Waals surface area contributed by atoms with Gasteiger partial charge >= 0.3 is 0 Å². The van der Waals surface area contributed by atoms with E-state index in [9.17, 15) is 0 Å². The second kappa shape index (κ2) is 9.45. The highest BCUT2D eigenvalue weighted by Crippen LogP contribution is 2.39. The Labute approximate surface area is 180 Å². The van der Waals surface area contributed by atoms with E-state index in [-0.39, 0.29) is 17.3 Å². The minimum absolute atomic E-state index is 0.0778. The maximum atomic E-state index is 15.7. The van der Waals surface area contributed by atoms with Crippen molar-refractivity contribution in [1.82, 2.24) is 4.98 Å². The van der Waals surface area contributed by atoms with Gasteiger partial charge in [0.2, 0.25) is 9.04 Å². The third-order valence-corrected chi connectivity index (χ3v) is 5.34. The molecule has 0 spiro atoms. The van der Waals surface area contributed by atoms with Gasteiger partial charge in [-0.05, 0) is 24.6 Å². The molecule has 1 heterocycles. The predicted molar refractivity (Wildman–Crippen MR) is 123 cm³/mol. The number of hydrogen-bond acceptors (Lipinski definition) is 3. The first-order valence-electron chi connectivity index (χ1n) is 10.1. The minimum Gasteiger partial charge on any atom is -0.410 e. The molecule has 0 fully saturated rings. The molecule has 1 radical (unpaired) electrons. The van der Waals surface area contributed by atoms with E-state index in [1.807, 2.05) is 60.7 Å². The third kappa shape index (κ3) is 5.29. The summed E-state index contributed by atoms with van der Waals surface area (Å²) in [4.78, 5) is 8.95. The van der Waals surface area contributed by atoms with Gasteiger partial charge in [0.15, 0.2) is 11.6 Å². The maximum Gasteiger partial charge on any atom is 0.205 e. The molecule has 0 amide bonds. The van der Waals surface area contributed by atoms with Crippen molar-refractivity contribution in [3.8, 4) is 0 Å². The first kappa shape index (κ1) is 22.1. The molecule has 0 aliphatic rings. The van der Waals surface area contributed by atoms with Crippen molar-refractivity contribution >= 4 is 20.6 Å². The molecule has 5 heteroatoms. The van der Waals surface area contributed by atoms with Gasteiger partial charge < -0.3 is 4.43 Å². The van der Waals surface area contributed by atoms with Gasteiger partial charge in [-0.15, -0.1) is 0 Å². The molecule has 1 aromatic heterocycles. The van der Waals surface area contributed by atoms with Gasteiger partial charge in [-0.25, -0.2) is 14.4 Å². The highest BCUT2D eigenvalue weighted by atomic mass is 28.3. The van der Waals surface area contributed by atoms with Crippen LogP contribution in [0, 0.1) is 11.2 Å². The summed E-state index contributed by atoms with van der Waals surface area (Å²) in [5, 5.41) is 0. The van der Waals surface area contributed by atoms with Crippen molar-refractivity contribution in [2.45, 2.75) is 40.0 Å². The van der Waals surface area contributed by atoms with E-state index in [1.54, 1.807) is 12.3 Å². The SMILES string of the molecule is C[Si](C)OC(c1ccnc(N=C(c2ccccc2)c2ccccc2)c1F)C(C)(C)C. The van der Waals surface area contributed by atoms with E-state index in [0.29, 0.717) is 11.3 Å². The quantitative estimate of drug-likeness (QED) is 0.327. The van der Waals surface area contributed by atoms with E-state index in [0.717, 1.165) is 11.1 Å². The molecule has 1 unspecified atom stereocenters. The Morgan fingerprint density at radius 3 is 1.93 bits per heavy atom. The summed E-state index contributed by atoms with van der Waals surface area (Å²) >= 11 is 0. The minimum atomic E-state index is -1.02. The van der Waals surface area contributed by atoms with Crippen molar-refractivity contribution in [3.05, 3.63) is 95.4 Å². The number of aromatic nitrogens is 1. The first-order chi connectivity index (χ1) is 14.3. The number of rotatable bonds is 6. The Bertz CT molecular complexity index is 957. The Hall–Kier alpha value is -2.63. The molecule has 0 aliphatic heterocycles. The number of aliphatic imine (C=N–C) groups is 1. The summed E-state index contributed by atoms with van der Waals surface area (Å²) in [5.41, 5.74) is 2.75. The lowest BCUT2D eigenvalue weighted by atomic mass is 9.85. The van der Waals surface area contributed by atoms with Crippen LogP contribution in [0.15, 0.2) is 77.9 Å². The lowest BCUT2D eigenvalue weighted by molar-refractivity contribution is 0.0831. The number of nitrogens with zero attached hydrogens (tertiary/aromatic N) is 2. The molecule has 3 nitrogen and oxygen atoms in total. The Morgan fingerprint density at radius 2 is 1.47 bits per heavy atom. The Kier molecular flexibility index (Phi) is 6.95. The molecular weight excluding hydrogens is 391 g/mol. The van der Waals surface area contributed by atoms with Gasteiger partial charge in [-0.3, -0.25) is 0 Å². The molecule has 0 bridgehead atoms. The lowest BCUT2D eigenvalue weighted by Crippen LogP contribution is -2.26. The molecule has 30 heavy (non-hydrogen) atoms. The number of pyridine rings is 1. The molecular formula is C25H28FN2OSi. The number of benzene rings is 2. The summed E-state index contributed by atoms with van der Waals surface area (Å²) < 4.78 is 21.9. The number of halogens is 1. The normalized spacial score (nSPS) is 12.6. The fourth-order valence-corrected chi connectivity index (χ4v) is 4.22. The van der Waals surface area contributed by atoms with E-state index >= 15 is 4.39 Å². The monoisotopic (exact) mass is 419 g/mol. The van der Waals surface area contributed by atoms with Crippen LogP contribution in [0.25, 0.3) is 0 Å². The van der Waals surface area contributed by atoms with Gasteiger partial charge in [0, 0.05) is 22.9 Å². The maximum absolute atomic E-state index is 15.7. The Balaban J connectivity index is 2.14. The zero-order valence-corrected chi connectivity index (χ0v) is 19.2. The van der Waals surface area contributed by atoms with Crippen molar-refractivity contribution in [2.24, 2.45) is 10.4 Å². The molecule has 0 saturated carbocycles. The molecule has 0 N–H and O–H groups in total. The van der Waals surface area contributed by atoms with E-state index in [1.165, 1.54) is 0 Å². The van der Waals surface area contributed by atoms with Crippen molar-refractivity contribution in [3.63, 3.8) is 0 Å². The van der Waals surface area contributed by atoms with Crippen molar-refractivity contribution < 1.29 is 8.82 Å². The van der Waals surface area contributed by atoms with Crippen LogP contribution in [0.2, 0.25) is 13.1 Å². The second-order valence-corrected chi connectivity index (χ2v) is 10.6. The zero-order chi connectivity index (χ0) is 21.7. The molecule has 155 valence electrons. The summed E-state index contributed by atoms with van der Waals surface area (Å²) in [6.45, 7) is 10.3. The van der Waals surface area contributed by atoms with E-state index in [4.69, 9.17) is 4.43 Å². The molecule has 0 saturated heterocycles. The van der Waals surface area contributed by atoms with Crippen LogP contribution in [0.5, 0.6) is 0 Å². The topological polar surface area (TPSA) is 34.5 Å². The smallest absolute Gasteiger partial charge is 0.205 e. The fraction of sp³-hybridized carbons (Fsp3) is 0.280. The summed E-state index contributed by atoms with van der Waals surface area (Å²) in [6, 6.07) is 21.3. The molecule has 0 aliphatic carbocycles. The van der Waals surface area contributed by atoms with Gasteiger partial charge in [0.1, 0.15) is 0 Å². The highest BCUT2D eigenvalue weighted by Gasteiger charge is 2.31. The van der Waals surface area contributed by atoms with Crippen LogP contribution in [0.3, 0.4) is 0 Å². The molecule has 1 atom stereocenters. The predicted octanol–water partition coefficient (Wildman–Crippen LogP) is 6.74. The summed E-state index contributed by atoms with van der Waals surface area (Å²) in [6.07, 6.45) is 1.25. The second-order valence-electron chi connectivity index (χ2n) is 8.50. The van der Waals surface area contributed by atoms with Crippen LogP contribution in [-0.4, -0.2) is 19.7 Å². The standard InChI is InChI=1S/C25H28FN2OSi/c1-25(2,3)23(29-30(4)5)20-16-17-27-24(21(20)26)28-22(18-12-8-6-9-13-18)19-14-10-7-11-15-19/h6-17,23H,1-5H3. The zero-order valence-electron chi connectivity index (χ0n) is 18.2. The van der Waals surface area contributed by atoms with Gasteiger partial charge in [0.25, 0.3) is 0 Å².